The van der Waals surface area contributed by atoms with Crippen LogP contribution in [0.5, 0.6) is 0 Å². The zero-order chi connectivity index (χ0) is 24.7. The van der Waals surface area contributed by atoms with Crippen LogP contribution in [-0.2, 0) is 0 Å². The lowest BCUT2D eigenvalue weighted by Crippen LogP contribution is -2.29. The zero-order valence-electron chi connectivity index (χ0n) is 18.8. The molecule has 2 aromatic carbocycles. The molecule has 0 N–H and O–H groups in total. The van der Waals surface area contributed by atoms with Crippen molar-refractivity contribution in [1.82, 2.24) is 14.5 Å². The molecule has 3 heterocycles. The summed E-state index contributed by atoms with van der Waals surface area (Å²) < 4.78 is 15.3. The fraction of sp³-hybridized carbons (Fsp3) is 0.231. The number of pyridine rings is 1. The lowest BCUT2D eigenvalue weighted by atomic mass is 9.98. The Morgan fingerprint density at radius 1 is 1.00 bits per heavy atom. The molecule has 4 nitrogen and oxygen atoms in total. The van der Waals surface area contributed by atoms with Crippen molar-refractivity contribution < 1.29 is 4.39 Å². The molecule has 1 aliphatic heterocycles. The van der Waals surface area contributed by atoms with Crippen LogP contribution in [0.1, 0.15) is 23.8 Å². The smallest absolute Gasteiger partial charge is 0.255 e. The number of halogens is 4. The number of rotatable bonds is 4. The van der Waals surface area contributed by atoms with Gasteiger partial charge in [0.1, 0.15) is 5.82 Å². The number of piperidine rings is 1. The van der Waals surface area contributed by atoms with E-state index in [0.29, 0.717) is 43.5 Å². The van der Waals surface area contributed by atoms with Gasteiger partial charge in [-0.25, -0.2) is 9.37 Å². The van der Waals surface area contributed by atoms with E-state index in [1.54, 1.807) is 47.9 Å². The molecule has 4 aromatic rings. The van der Waals surface area contributed by atoms with Gasteiger partial charge in [0, 0.05) is 29.3 Å². The molecule has 0 radical (unpaired) electrons. The largest absolute Gasteiger partial charge is 0.306 e. The van der Waals surface area contributed by atoms with E-state index in [0.717, 1.165) is 35.8 Å². The van der Waals surface area contributed by atoms with E-state index in [1.807, 2.05) is 0 Å². The first-order valence-electron chi connectivity index (χ1n) is 11.1. The molecular weight excluding hydrogens is 528 g/mol. The summed E-state index contributed by atoms with van der Waals surface area (Å²) in [6, 6.07) is 12.7. The molecular formula is C26H21Cl3FN3OS. The second-order valence-electron chi connectivity index (χ2n) is 8.63. The molecule has 180 valence electrons. The highest BCUT2D eigenvalue weighted by Gasteiger charge is 2.25. The van der Waals surface area contributed by atoms with Gasteiger partial charge >= 0.3 is 0 Å². The normalized spacial score (nSPS) is 15.0. The molecule has 1 aliphatic rings. The predicted octanol–water partition coefficient (Wildman–Crippen LogP) is 7.54. The number of hydrogen-bond donors (Lipinski definition) is 0. The minimum atomic E-state index is -0.401. The molecule has 0 atom stereocenters. The molecule has 35 heavy (non-hydrogen) atoms. The number of benzene rings is 2. The predicted molar refractivity (Wildman–Crippen MR) is 143 cm³/mol. The first kappa shape index (κ1) is 24.5. The minimum Gasteiger partial charge on any atom is -0.306 e. The van der Waals surface area contributed by atoms with Crippen LogP contribution in [0.3, 0.4) is 0 Å². The maximum atomic E-state index is 13.8. The lowest BCUT2D eigenvalue weighted by Gasteiger charge is -2.27. The standard InChI is InChI=1S/C26H21Cl3FN3OS/c1-32-11-9-15(10-12-32)26-31-23(25(35-26)18-7-6-17(30)13-21(18)29)16-5-8-22(34)33(14-16)24-19(27)3-2-4-20(24)28/h2-8,13-15H,9-12H2,1H3. The van der Waals surface area contributed by atoms with Crippen LogP contribution in [0.25, 0.3) is 27.4 Å². The number of nitrogens with zero attached hydrogens (tertiary/aromatic N) is 3. The van der Waals surface area contributed by atoms with Gasteiger partial charge in [0.05, 0.1) is 36.3 Å². The molecule has 5 rings (SSSR count). The molecule has 1 fully saturated rings. The second kappa shape index (κ2) is 10.0. The number of thiazole rings is 1. The highest BCUT2D eigenvalue weighted by atomic mass is 35.5. The fourth-order valence-electron chi connectivity index (χ4n) is 4.34. The molecule has 0 spiro atoms. The fourth-order valence-corrected chi connectivity index (χ4v) is 6.53. The van der Waals surface area contributed by atoms with Gasteiger partial charge in [0.25, 0.3) is 5.56 Å². The Kier molecular flexibility index (Phi) is 7.02. The molecule has 0 saturated carbocycles. The van der Waals surface area contributed by atoms with Crippen LogP contribution in [-0.4, -0.2) is 34.6 Å². The van der Waals surface area contributed by atoms with Gasteiger partial charge in [0.15, 0.2) is 0 Å². The summed E-state index contributed by atoms with van der Waals surface area (Å²) in [6.07, 6.45) is 3.72. The van der Waals surface area contributed by atoms with E-state index in [4.69, 9.17) is 39.8 Å². The molecule has 2 aromatic heterocycles. The molecule has 1 saturated heterocycles. The van der Waals surface area contributed by atoms with Crippen molar-refractivity contribution in [3.63, 3.8) is 0 Å². The Hall–Kier alpha value is -2.22. The minimum absolute atomic E-state index is 0.268. The Balaban J connectivity index is 1.68. The Bertz CT molecular complexity index is 1440. The highest BCUT2D eigenvalue weighted by molar-refractivity contribution is 7.15. The Morgan fingerprint density at radius 2 is 1.71 bits per heavy atom. The average molecular weight is 549 g/mol. The first-order valence-corrected chi connectivity index (χ1v) is 13.1. The quantitative estimate of drug-likeness (QED) is 0.264. The summed E-state index contributed by atoms with van der Waals surface area (Å²) in [6.45, 7) is 2.00. The van der Waals surface area contributed by atoms with E-state index < -0.39 is 5.82 Å². The summed E-state index contributed by atoms with van der Waals surface area (Å²) >= 11 is 20.8. The van der Waals surface area contributed by atoms with Gasteiger partial charge in [-0.3, -0.25) is 9.36 Å². The van der Waals surface area contributed by atoms with E-state index in [-0.39, 0.29) is 5.56 Å². The van der Waals surface area contributed by atoms with Crippen molar-refractivity contribution in [2.75, 3.05) is 20.1 Å². The van der Waals surface area contributed by atoms with Crippen molar-refractivity contribution >= 4 is 46.1 Å². The number of aromatic nitrogens is 2. The van der Waals surface area contributed by atoms with Gasteiger partial charge in [0.2, 0.25) is 0 Å². The van der Waals surface area contributed by atoms with Crippen molar-refractivity contribution in [2.24, 2.45) is 0 Å². The summed E-state index contributed by atoms with van der Waals surface area (Å²) in [5, 5.41) is 2.05. The van der Waals surface area contributed by atoms with Crippen LogP contribution in [0.15, 0.2) is 59.5 Å². The Labute approximate surface area is 221 Å². The third-order valence-corrected chi connectivity index (χ3v) is 8.42. The van der Waals surface area contributed by atoms with Crippen molar-refractivity contribution in [3.05, 3.63) is 91.0 Å². The van der Waals surface area contributed by atoms with Crippen LogP contribution in [0.4, 0.5) is 4.39 Å². The lowest BCUT2D eigenvalue weighted by molar-refractivity contribution is 0.255. The Morgan fingerprint density at radius 3 is 2.40 bits per heavy atom. The SMILES string of the molecule is CN1CCC(c2nc(-c3ccc(=O)n(-c4c(Cl)cccc4Cl)c3)c(-c3ccc(F)cc3Cl)s2)CC1. The van der Waals surface area contributed by atoms with E-state index in [9.17, 15) is 9.18 Å². The van der Waals surface area contributed by atoms with Crippen LogP contribution >= 0.6 is 46.1 Å². The molecule has 0 unspecified atom stereocenters. The van der Waals surface area contributed by atoms with Gasteiger partial charge in [-0.05, 0) is 69.4 Å². The van der Waals surface area contributed by atoms with Crippen molar-refractivity contribution in [3.8, 4) is 27.4 Å². The van der Waals surface area contributed by atoms with Gasteiger partial charge in [-0.15, -0.1) is 11.3 Å². The molecule has 0 aliphatic carbocycles. The first-order chi connectivity index (χ1) is 16.8. The van der Waals surface area contributed by atoms with Crippen LogP contribution < -0.4 is 5.56 Å². The van der Waals surface area contributed by atoms with Gasteiger partial charge in [-0.1, -0.05) is 40.9 Å². The molecule has 0 amide bonds. The van der Waals surface area contributed by atoms with Crippen molar-refractivity contribution in [2.45, 2.75) is 18.8 Å². The third-order valence-electron chi connectivity index (χ3n) is 6.25. The summed E-state index contributed by atoms with van der Waals surface area (Å²) in [7, 11) is 2.12. The number of hydrogen-bond acceptors (Lipinski definition) is 4. The molecule has 0 bridgehead atoms. The van der Waals surface area contributed by atoms with Crippen LogP contribution in [0, 0.1) is 5.82 Å². The topological polar surface area (TPSA) is 38.1 Å². The van der Waals surface area contributed by atoms with Crippen molar-refractivity contribution in [1.29, 1.82) is 0 Å². The summed E-state index contributed by atoms with van der Waals surface area (Å²) in [5.41, 5.74) is 2.25. The van der Waals surface area contributed by atoms with E-state index in [2.05, 4.69) is 11.9 Å². The third kappa shape index (κ3) is 4.91. The number of para-hydroxylation sites is 1. The monoisotopic (exact) mass is 547 g/mol. The van der Waals surface area contributed by atoms with Gasteiger partial charge < -0.3 is 4.90 Å². The highest BCUT2D eigenvalue weighted by Crippen LogP contribution is 2.44. The second-order valence-corrected chi connectivity index (χ2v) is 10.9. The average Bonchev–Trinajstić information content (AvgIpc) is 3.25. The maximum absolute atomic E-state index is 13.8. The van der Waals surface area contributed by atoms with E-state index in [1.165, 1.54) is 22.8 Å². The van der Waals surface area contributed by atoms with Crippen LogP contribution in [0.2, 0.25) is 15.1 Å². The van der Waals surface area contributed by atoms with E-state index >= 15 is 0 Å². The summed E-state index contributed by atoms with van der Waals surface area (Å²) in [5.74, 6) is -0.0749. The van der Waals surface area contributed by atoms with Gasteiger partial charge in [-0.2, -0.15) is 0 Å². The number of likely N-dealkylation sites (tertiary alicyclic amines) is 1. The zero-order valence-corrected chi connectivity index (χ0v) is 21.9. The maximum Gasteiger partial charge on any atom is 0.255 e. The summed E-state index contributed by atoms with van der Waals surface area (Å²) in [4.78, 5) is 21.0. The molecule has 9 heteroatoms.